The largest absolute Gasteiger partial charge is 0.395 e. The Morgan fingerprint density at radius 2 is 2.15 bits per heavy atom. The summed E-state index contributed by atoms with van der Waals surface area (Å²) in [5.41, 5.74) is 0. The molecule has 0 heterocycles. The summed E-state index contributed by atoms with van der Waals surface area (Å²) >= 11 is 0. The zero-order chi connectivity index (χ0) is 9.94. The van der Waals surface area contributed by atoms with Crippen LogP contribution in [0.3, 0.4) is 0 Å². The van der Waals surface area contributed by atoms with Crippen LogP contribution in [0.1, 0.15) is 12.8 Å². The lowest BCUT2D eigenvalue weighted by Gasteiger charge is -2.05. The van der Waals surface area contributed by atoms with Crippen LogP contribution in [0.5, 0.6) is 0 Å². The average Bonchev–Trinajstić information content (AvgIpc) is 2.17. The summed E-state index contributed by atoms with van der Waals surface area (Å²) in [5, 5.41) is 17.1. The topological polar surface area (TPSA) is 62.5 Å². The van der Waals surface area contributed by atoms with Crippen molar-refractivity contribution in [1.29, 1.82) is 5.26 Å². The van der Waals surface area contributed by atoms with E-state index >= 15 is 0 Å². The van der Waals surface area contributed by atoms with Crippen molar-refractivity contribution in [2.24, 2.45) is 5.92 Å². The molecule has 4 heteroatoms. The van der Waals surface area contributed by atoms with Crippen LogP contribution in [0.2, 0.25) is 0 Å². The highest BCUT2D eigenvalue weighted by molar-refractivity contribution is 4.81. The number of ether oxygens (including phenoxy) is 2. The first-order valence-corrected chi connectivity index (χ1v) is 4.42. The summed E-state index contributed by atoms with van der Waals surface area (Å²) in [6.07, 6.45) is 1.47. The van der Waals surface area contributed by atoms with Crippen LogP contribution in [0, 0.1) is 17.2 Å². The Labute approximate surface area is 79.1 Å². The molecule has 0 aromatic carbocycles. The Morgan fingerprint density at radius 1 is 1.38 bits per heavy atom. The van der Waals surface area contributed by atoms with E-state index in [1.807, 2.05) is 6.07 Å². The first-order valence-electron chi connectivity index (χ1n) is 4.42. The minimum atomic E-state index is -0.289. The first kappa shape index (κ1) is 12.4. The molecule has 1 unspecified atom stereocenters. The first-order chi connectivity index (χ1) is 6.35. The van der Waals surface area contributed by atoms with Gasteiger partial charge in [-0.3, -0.25) is 0 Å². The molecular formula is C9H17NO3. The second kappa shape index (κ2) is 9.46. The maximum atomic E-state index is 8.67. The van der Waals surface area contributed by atoms with E-state index in [1.165, 1.54) is 0 Å². The molecule has 76 valence electrons. The number of nitriles is 1. The molecule has 0 rings (SSSR count). The SMILES string of the molecule is COCCCOCCC(C#N)CO. The van der Waals surface area contributed by atoms with Gasteiger partial charge in [-0.2, -0.15) is 5.26 Å². The lowest BCUT2D eigenvalue weighted by molar-refractivity contribution is 0.0918. The second-order valence-electron chi connectivity index (χ2n) is 2.76. The number of aliphatic hydroxyl groups is 1. The number of methoxy groups -OCH3 is 1. The fourth-order valence-corrected chi connectivity index (χ4v) is 0.830. The van der Waals surface area contributed by atoms with Crippen LogP contribution in [0.4, 0.5) is 0 Å². The molecule has 0 radical (unpaired) electrons. The third-order valence-electron chi connectivity index (χ3n) is 1.65. The number of rotatable bonds is 8. The van der Waals surface area contributed by atoms with E-state index in [0.29, 0.717) is 26.2 Å². The fraction of sp³-hybridized carbons (Fsp3) is 0.889. The fourth-order valence-electron chi connectivity index (χ4n) is 0.830. The van der Waals surface area contributed by atoms with Gasteiger partial charge in [0, 0.05) is 26.9 Å². The molecule has 4 nitrogen and oxygen atoms in total. The summed E-state index contributed by atoms with van der Waals surface area (Å²) in [4.78, 5) is 0. The molecule has 0 fully saturated rings. The van der Waals surface area contributed by atoms with Gasteiger partial charge in [-0.15, -0.1) is 0 Å². The molecular weight excluding hydrogens is 170 g/mol. The van der Waals surface area contributed by atoms with Gasteiger partial charge in [-0.25, -0.2) is 0 Å². The molecule has 1 atom stereocenters. The zero-order valence-electron chi connectivity index (χ0n) is 8.03. The van der Waals surface area contributed by atoms with Crippen LogP contribution in [-0.4, -0.2) is 38.6 Å². The van der Waals surface area contributed by atoms with E-state index in [1.54, 1.807) is 7.11 Å². The Balaban J connectivity index is 3.11. The van der Waals surface area contributed by atoms with Gasteiger partial charge in [-0.05, 0) is 12.8 Å². The van der Waals surface area contributed by atoms with Gasteiger partial charge in [0.25, 0.3) is 0 Å². The van der Waals surface area contributed by atoms with Crippen molar-refractivity contribution in [3.05, 3.63) is 0 Å². The molecule has 0 aliphatic heterocycles. The van der Waals surface area contributed by atoms with Crippen LogP contribution in [0.15, 0.2) is 0 Å². The summed E-state index contributed by atoms with van der Waals surface area (Å²) in [6.45, 7) is 1.79. The number of hydrogen-bond donors (Lipinski definition) is 1. The van der Waals surface area contributed by atoms with Gasteiger partial charge in [0.05, 0.1) is 18.6 Å². The van der Waals surface area contributed by atoms with Gasteiger partial charge in [0.1, 0.15) is 0 Å². The second-order valence-corrected chi connectivity index (χ2v) is 2.76. The van der Waals surface area contributed by atoms with Crippen molar-refractivity contribution < 1.29 is 14.6 Å². The number of nitrogens with zero attached hydrogens (tertiary/aromatic N) is 1. The predicted octanol–water partition coefficient (Wildman–Crippen LogP) is 0.562. The molecule has 0 saturated heterocycles. The lowest BCUT2D eigenvalue weighted by atomic mass is 10.1. The monoisotopic (exact) mass is 187 g/mol. The maximum absolute atomic E-state index is 8.67. The summed E-state index contributed by atoms with van der Waals surface area (Å²) < 4.78 is 10.1. The quantitative estimate of drug-likeness (QED) is 0.564. The molecule has 1 N–H and O–H groups in total. The third-order valence-corrected chi connectivity index (χ3v) is 1.65. The predicted molar refractivity (Wildman–Crippen MR) is 48.1 cm³/mol. The molecule has 0 aromatic rings. The van der Waals surface area contributed by atoms with E-state index < -0.39 is 0 Å². The van der Waals surface area contributed by atoms with Crippen molar-refractivity contribution in [1.82, 2.24) is 0 Å². The maximum Gasteiger partial charge on any atom is 0.0716 e. The summed E-state index contributed by atoms with van der Waals surface area (Å²) in [7, 11) is 1.65. The highest BCUT2D eigenvalue weighted by Gasteiger charge is 2.04. The van der Waals surface area contributed by atoms with Crippen LogP contribution in [0.25, 0.3) is 0 Å². The van der Waals surface area contributed by atoms with Gasteiger partial charge in [0.2, 0.25) is 0 Å². The van der Waals surface area contributed by atoms with E-state index in [2.05, 4.69) is 0 Å². The molecule has 13 heavy (non-hydrogen) atoms. The molecule has 0 aromatic heterocycles. The van der Waals surface area contributed by atoms with E-state index in [-0.39, 0.29) is 12.5 Å². The summed E-state index contributed by atoms with van der Waals surface area (Å²) in [6, 6.07) is 2.00. The van der Waals surface area contributed by atoms with Crippen molar-refractivity contribution in [2.75, 3.05) is 33.5 Å². The van der Waals surface area contributed by atoms with E-state index in [4.69, 9.17) is 19.8 Å². The highest BCUT2D eigenvalue weighted by Crippen LogP contribution is 2.00. The molecule has 0 amide bonds. The lowest BCUT2D eigenvalue weighted by Crippen LogP contribution is -2.08. The third kappa shape index (κ3) is 7.72. The average molecular weight is 187 g/mol. The Morgan fingerprint density at radius 3 is 2.69 bits per heavy atom. The molecule has 0 spiro atoms. The molecule has 0 aliphatic rings. The Hall–Kier alpha value is -0.630. The van der Waals surface area contributed by atoms with Crippen molar-refractivity contribution in [3.8, 4) is 6.07 Å². The standard InChI is InChI=1S/C9H17NO3/c1-12-4-2-5-13-6-3-9(7-10)8-11/h9,11H,2-6,8H2,1H3. The Bertz CT molecular complexity index is 144. The van der Waals surface area contributed by atoms with Crippen LogP contribution >= 0.6 is 0 Å². The van der Waals surface area contributed by atoms with Gasteiger partial charge in [0.15, 0.2) is 0 Å². The minimum Gasteiger partial charge on any atom is -0.395 e. The normalized spacial score (nSPS) is 12.4. The molecule has 0 aliphatic carbocycles. The van der Waals surface area contributed by atoms with E-state index in [9.17, 15) is 0 Å². The number of aliphatic hydroxyl groups excluding tert-OH is 1. The Kier molecular flexibility index (Phi) is 9.00. The van der Waals surface area contributed by atoms with Crippen molar-refractivity contribution in [2.45, 2.75) is 12.8 Å². The van der Waals surface area contributed by atoms with Crippen molar-refractivity contribution >= 4 is 0 Å². The van der Waals surface area contributed by atoms with Gasteiger partial charge >= 0.3 is 0 Å². The molecule has 0 saturated carbocycles. The minimum absolute atomic E-state index is 0.0854. The highest BCUT2D eigenvalue weighted by atomic mass is 16.5. The van der Waals surface area contributed by atoms with Gasteiger partial charge < -0.3 is 14.6 Å². The van der Waals surface area contributed by atoms with Crippen LogP contribution in [-0.2, 0) is 9.47 Å². The number of hydrogen-bond acceptors (Lipinski definition) is 4. The van der Waals surface area contributed by atoms with E-state index in [0.717, 1.165) is 6.42 Å². The summed E-state index contributed by atoms with van der Waals surface area (Å²) in [5.74, 6) is -0.289. The molecule has 0 bridgehead atoms. The van der Waals surface area contributed by atoms with Crippen molar-refractivity contribution in [3.63, 3.8) is 0 Å². The van der Waals surface area contributed by atoms with Crippen LogP contribution < -0.4 is 0 Å². The van der Waals surface area contributed by atoms with Gasteiger partial charge in [-0.1, -0.05) is 0 Å². The zero-order valence-corrected chi connectivity index (χ0v) is 8.03. The smallest absolute Gasteiger partial charge is 0.0716 e.